The molecule has 2 N–H and O–H groups in total. The molecule has 0 saturated carbocycles. The minimum absolute atomic E-state index is 0.828. The fraction of sp³-hybridized carbons (Fsp3) is 0. The zero-order chi connectivity index (χ0) is 37.5. The normalized spacial score (nSPS) is 10.2. The monoisotopic (exact) mass is 765 g/mol. The molecular formula is C48H40BrN5. The van der Waals surface area contributed by atoms with Crippen LogP contribution in [0.3, 0.4) is 0 Å². The molecule has 5 nitrogen and oxygen atoms in total. The Kier molecular flexibility index (Phi) is 15.8. The van der Waals surface area contributed by atoms with Crippen LogP contribution in [0.2, 0.25) is 0 Å². The van der Waals surface area contributed by atoms with E-state index in [2.05, 4.69) is 66.7 Å². The molecule has 0 spiro atoms. The van der Waals surface area contributed by atoms with Crippen molar-refractivity contribution in [1.82, 2.24) is 0 Å². The molecule has 8 aromatic rings. The van der Waals surface area contributed by atoms with E-state index in [4.69, 9.17) is 5.73 Å². The van der Waals surface area contributed by atoms with Crippen LogP contribution in [0.5, 0.6) is 0 Å². The van der Waals surface area contributed by atoms with Gasteiger partial charge in [-0.05, 0) is 71.8 Å². The molecule has 0 radical (unpaired) electrons. The number of nitrogen functional groups attached to an aromatic ring is 1. The summed E-state index contributed by atoms with van der Waals surface area (Å²) in [6, 6.07) is 75.4. The van der Waals surface area contributed by atoms with Gasteiger partial charge in [-0.1, -0.05) is 186 Å². The smallest absolute Gasteiger partial charge is 0.0935 e. The average Bonchev–Trinajstić information content (AvgIpc) is 3.25. The average molecular weight is 767 g/mol. The Hall–Kier alpha value is -6.76. The number of azo groups is 2. The Morgan fingerprint density at radius 2 is 0.611 bits per heavy atom. The standard InChI is InChI=1S/C18H14N2.C12H10N2.C12H11N.C6H5Br/c1-3-9-15(10-4-1)17-13-7-8-14-18(17)20-19-16-11-5-2-6-12-16;1-3-7-11(8-4-1)13-14-12-9-5-2-6-10-12;13-12-9-5-4-8-11(12)10-6-2-1-3-7-10;7-6-4-2-1-3-5-6/h1-14H;1-10H;1-9H,13H2;1-5H. The molecule has 8 aromatic carbocycles. The van der Waals surface area contributed by atoms with Gasteiger partial charge in [0.15, 0.2) is 0 Å². The summed E-state index contributed by atoms with van der Waals surface area (Å²) >= 11 is 3.31. The molecule has 0 aromatic heterocycles. The number of benzene rings is 8. The van der Waals surface area contributed by atoms with Crippen LogP contribution in [0.1, 0.15) is 0 Å². The van der Waals surface area contributed by atoms with Gasteiger partial charge in [-0.2, -0.15) is 15.3 Å². The zero-order valence-electron chi connectivity index (χ0n) is 29.7. The molecule has 0 aliphatic carbocycles. The van der Waals surface area contributed by atoms with E-state index >= 15 is 0 Å². The largest absolute Gasteiger partial charge is 0.398 e. The summed E-state index contributed by atoms with van der Waals surface area (Å²) in [7, 11) is 0. The van der Waals surface area contributed by atoms with Gasteiger partial charge >= 0.3 is 0 Å². The van der Waals surface area contributed by atoms with Gasteiger partial charge in [0.2, 0.25) is 0 Å². The van der Waals surface area contributed by atoms with Crippen LogP contribution in [0.25, 0.3) is 22.3 Å². The molecule has 0 amide bonds. The molecule has 0 saturated heterocycles. The summed E-state index contributed by atoms with van der Waals surface area (Å²) in [6.45, 7) is 0. The summed E-state index contributed by atoms with van der Waals surface area (Å²) in [6.07, 6.45) is 0. The number of nitrogens with two attached hydrogens (primary N) is 1. The third kappa shape index (κ3) is 13.4. The van der Waals surface area contributed by atoms with E-state index in [9.17, 15) is 0 Å². The maximum absolute atomic E-state index is 5.85. The lowest BCUT2D eigenvalue weighted by molar-refractivity contribution is 1.23. The molecule has 0 aliphatic heterocycles. The maximum Gasteiger partial charge on any atom is 0.0935 e. The number of rotatable bonds is 6. The van der Waals surface area contributed by atoms with Crippen LogP contribution in [0.15, 0.2) is 255 Å². The Morgan fingerprint density at radius 3 is 1.02 bits per heavy atom. The van der Waals surface area contributed by atoms with Crippen LogP contribution in [-0.2, 0) is 0 Å². The van der Waals surface area contributed by atoms with Crippen molar-refractivity contribution in [3.8, 4) is 22.3 Å². The van der Waals surface area contributed by atoms with Crippen molar-refractivity contribution in [2.45, 2.75) is 0 Å². The fourth-order valence-corrected chi connectivity index (χ4v) is 5.23. The maximum atomic E-state index is 5.85. The zero-order valence-corrected chi connectivity index (χ0v) is 31.3. The van der Waals surface area contributed by atoms with E-state index in [1.807, 2.05) is 200 Å². The molecule has 0 heterocycles. The van der Waals surface area contributed by atoms with E-state index in [0.29, 0.717) is 0 Å². The van der Waals surface area contributed by atoms with Gasteiger partial charge in [0.25, 0.3) is 0 Å². The van der Waals surface area contributed by atoms with Gasteiger partial charge in [0.05, 0.1) is 22.7 Å². The Bertz CT molecular complexity index is 2230. The molecule has 8 rings (SSSR count). The number of anilines is 1. The molecule has 264 valence electrons. The first-order valence-corrected chi connectivity index (χ1v) is 18.2. The van der Waals surface area contributed by atoms with E-state index < -0.39 is 0 Å². The van der Waals surface area contributed by atoms with Crippen molar-refractivity contribution in [2.24, 2.45) is 20.5 Å². The third-order valence-corrected chi connectivity index (χ3v) is 8.12. The van der Waals surface area contributed by atoms with E-state index in [-0.39, 0.29) is 0 Å². The van der Waals surface area contributed by atoms with E-state index in [0.717, 1.165) is 49.6 Å². The first kappa shape index (κ1) is 38.5. The van der Waals surface area contributed by atoms with Gasteiger partial charge < -0.3 is 5.73 Å². The Balaban J connectivity index is 0.000000146. The number of hydrogen-bond donors (Lipinski definition) is 1. The van der Waals surface area contributed by atoms with Crippen LogP contribution >= 0.6 is 15.9 Å². The molecule has 54 heavy (non-hydrogen) atoms. The van der Waals surface area contributed by atoms with Gasteiger partial charge in [-0.25, -0.2) is 0 Å². The predicted molar refractivity (Wildman–Crippen MR) is 230 cm³/mol. The van der Waals surface area contributed by atoms with Crippen molar-refractivity contribution < 1.29 is 0 Å². The van der Waals surface area contributed by atoms with E-state index in [1.165, 1.54) is 5.56 Å². The quantitative estimate of drug-likeness (QED) is 0.133. The van der Waals surface area contributed by atoms with Crippen molar-refractivity contribution in [3.05, 3.63) is 235 Å². The second-order valence-corrected chi connectivity index (χ2v) is 12.5. The number of hydrogen-bond acceptors (Lipinski definition) is 5. The Labute approximate surface area is 326 Å². The molecule has 0 unspecified atom stereocenters. The highest BCUT2D eigenvalue weighted by Gasteiger charge is 2.03. The van der Waals surface area contributed by atoms with Crippen LogP contribution in [0, 0.1) is 0 Å². The summed E-state index contributed by atoms with van der Waals surface area (Å²) in [5.41, 5.74) is 14.7. The highest BCUT2D eigenvalue weighted by atomic mass is 79.9. The summed E-state index contributed by atoms with van der Waals surface area (Å²) in [4.78, 5) is 0. The second kappa shape index (κ2) is 22.2. The van der Waals surface area contributed by atoms with Crippen molar-refractivity contribution in [2.75, 3.05) is 5.73 Å². The summed E-state index contributed by atoms with van der Waals surface area (Å²) in [5, 5.41) is 16.9. The van der Waals surface area contributed by atoms with E-state index in [1.54, 1.807) is 0 Å². The van der Waals surface area contributed by atoms with Gasteiger partial charge in [0.1, 0.15) is 0 Å². The molecule has 0 atom stereocenters. The second-order valence-electron chi connectivity index (χ2n) is 11.5. The lowest BCUT2D eigenvalue weighted by Crippen LogP contribution is -1.88. The van der Waals surface area contributed by atoms with Crippen molar-refractivity contribution in [3.63, 3.8) is 0 Å². The molecule has 0 fully saturated rings. The lowest BCUT2D eigenvalue weighted by atomic mass is 10.0. The van der Waals surface area contributed by atoms with Crippen LogP contribution < -0.4 is 5.73 Å². The first-order chi connectivity index (χ1) is 26.7. The lowest BCUT2D eigenvalue weighted by Gasteiger charge is -2.04. The van der Waals surface area contributed by atoms with Crippen LogP contribution in [-0.4, -0.2) is 0 Å². The minimum Gasteiger partial charge on any atom is -0.398 e. The SMILES string of the molecule is Brc1ccccc1.Nc1ccccc1-c1ccccc1.c1ccc(N=Nc2ccccc2)cc1.c1ccc(N=Nc2ccccc2-c2ccccc2)cc1. The fourth-order valence-electron chi connectivity index (χ4n) is 4.93. The van der Waals surface area contributed by atoms with Gasteiger partial charge in [0, 0.05) is 21.3 Å². The topological polar surface area (TPSA) is 75.5 Å². The van der Waals surface area contributed by atoms with Gasteiger partial charge in [-0.3, -0.25) is 0 Å². The summed E-state index contributed by atoms with van der Waals surface area (Å²) < 4.78 is 1.13. The van der Waals surface area contributed by atoms with Crippen LogP contribution in [0.4, 0.5) is 28.4 Å². The highest BCUT2D eigenvalue weighted by molar-refractivity contribution is 9.10. The number of nitrogens with zero attached hydrogens (tertiary/aromatic N) is 4. The predicted octanol–water partition coefficient (Wildman–Crippen LogP) is 15.3. The Morgan fingerprint density at radius 1 is 0.296 bits per heavy atom. The van der Waals surface area contributed by atoms with Crippen molar-refractivity contribution in [1.29, 1.82) is 0 Å². The molecule has 0 bridgehead atoms. The third-order valence-electron chi connectivity index (χ3n) is 7.59. The van der Waals surface area contributed by atoms with Gasteiger partial charge in [-0.15, -0.1) is 5.11 Å². The number of halogens is 1. The first-order valence-electron chi connectivity index (χ1n) is 17.4. The molecule has 0 aliphatic rings. The highest BCUT2D eigenvalue weighted by Crippen LogP contribution is 2.31. The molecule has 6 heteroatoms. The minimum atomic E-state index is 0.828. The van der Waals surface area contributed by atoms with Crippen molar-refractivity contribution >= 4 is 44.4 Å². The molecular weight excluding hydrogens is 726 g/mol. The number of para-hydroxylation sites is 1. The summed E-state index contributed by atoms with van der Waals surface area (Å²) in [5.74, 6) is 0.